The fraction of sp³-hybridized carbons (Fsp3) is 0.379. The number of hydrogen-bond acceptors (Lipinski definition) is 7. The third-order valence-corrected chi connectivity index (χ3v) is 7.13. The van der Waals surface area contributed by atoms with E-state index in [1.165, 1.54) is 7.11 Å². The summed E-state index contributed by atoms with van der Waals surface area (Å²) in [5.41, 5.74) is 4.33. The molecule has 0 radical (unpaired) electrons. The van der Waals surface area contributed by atoms with E-state index in [1.54, 1.807) is 41.5 Å². The highest BCUT2D eigenvalue weighted by molar-refractivity contribution is 7.92. The molecule has 2 aromatic carbocycles. The summed E-state index contributed by atoms with van der Waals surface area (Å²) in [6.45, 7) is 14.2. The molecular formula is C29H37N7O4S. The maximum absolute atomic E-state index is 13.5. The van der Waals surface area contributed by atoms with Crippen LogP contribution < -0.4 is 14.8 Å². The van der Waals surface area contributed by atoms with Gasteiger partial charge in [0.2, 0.25) is 10.0 Å². The first kappa shape index (κ1) is 29.8. The second-order valence-corrected chi connectivity index (χ2v) is 13.8. The van der Waals surface area contributed by atoms with Gasteiger partial charge in [0.05, 0.1) is 54.8 Å². The molecule has 41 heavy (non-hydrogen) atoms. The summed E-state index contributed by atoms with van der Waals surface area (Å²) in [4.78, 5) is 17.8. The van der Waals surface area contributed by atoms with Crippen LogP contribution in [-0.2, 0) is 21.0 Å². The number of sulfonamides is 1. The molecule has 0 saturated heterocycles. The molecule has 0 unspecified atom stereocenters. The third kappa shape index (κ3) is 6.59. The first-order valence-electron chi connectivity index (χ1n) is 13.1. The molecule has 0 aliphatic rings. The summed E-state index contributed by atoms with van der Waals surface area (Å²) in [7, 11) is -2.18. The van der Waals surface area contributed by atoms with E-state index in [9.17, 15) is 13.2 Å². The number of ether oxygens (including phenoxy) is 1. The van der Waals surface area contributed by atoms with Gasteiger partial charge in [-0.05, 0) is 68.5 Å². The molecule has 0 aliphatic carbocycles. The molecule has 2 aromatic heterocycles. The van der Waals surface area contributed by atoms with E-state index in [0.29, 0.717) is 22.6 Å². The number of imidazole rings is 1. The van der Waals surface area contributed by atoms with E-state index in [4.69, 9.17) is 4.74 Å². The lowest BCUT2D eigenvalue weighted by atomic mass is 9.86. The predicted molar refractivity (Wildman–Crippen MR) is 160 cm³/mol. The lowest BCUT2D eigenvalue weighted by Crippen LogP contribution is -2.21. The average Bonchev–Trinajstić information content (AvgIpc) is 3.52. The van der Waals surface area contributed by atoms with E-state index in [-0.39, 0.29) is 22.4 Å². The molecule has 2 N–H and O–H groups in total. The normalized spacial score (nSPS) is 12.3. The van der Waals surface area contributed by atoms with E-state index in [2.05, 4.69) is 46.1 Å². The Morgan fingerprint density at radius 1 is 1.02 bits per heavy atom. The van der Waals surface area contributed by atoms with Gasteiger partial charge in [0.1, 0.15) is 5.69 Å². The van der Waals surface area contributed by atoms with Crippen molar-refractivity contribution in [2.24, 2.45) is 0 Å². The molecular weight excluding hydrogens is 542 g/mol. The molecule has 0 aliphatic heterocycles. The minimum Gasteiger partial charge on any atom is -0.492 e. The molecule has 4 aromatic rings. The first-order valence-corrected chi connectivity index (χ1v) is 15.0. The van der Waals surface area contributed by atoms with Crippen molar-refractivity contribution in [1.82, 2.24) is 24.5 Å². The smallest absolute Gasteiger partial charge is 0.255 e. The highest BCUT2D eigenvalue weighted by atomic mass is 32.2. The summed E-state index contributed by atoms with van der Waals surface area (Å²) in [6.07, 6.45) is 6.39. The number of methoxy groups -OCH3 is 1. The third-order valence-electron chi connectivity index (χ3n) is 6.54. The fourth-order valence-corrected chi connectivity index (χ4v) is 4.91. The summed E-state index contributed by atoms with van der Waals surface area (Å²) < 4.78 is 35.8. The van der Waals surface area contributed by atoms with E-state index in [0.717, 1.165) is 23.1 Å². The SMILES string of the molecule is COc1c(NC(=O)c2ccc(C)c(-n3cc(-c4cncn4C(C)(C)C)nn3)c2)cc(C(C)(C)C)cc1NS(C)(=O)=O. The van der Waals surface area contributed by atoms with Crippen molar-refractivity contribution in [2.75, 3.05) is 23.4 Å². The lowest BCUT2D eigenvalue weighted by molar-refractivity contribution is 0.102. The topological polar surface area (TPSA) is 133 Å². The van der Waals surface area contributed by atoms with Gasteiger partial charge in [-0.25, -0.2) is 18.1 Å². The summed E-state index contributed by atoms with van der Waals surface area (Å²) in [5.74, 6) is -0.187. The Morgan fingerprint density at radius 3 is 2.32 bits per heavy atom. The zero-order valence-electron chi connectivity index (χ0n) is 24.9. The number of hydrogen-bond donors (Lipinski definition) is 2. The predicted octanol–water partition coefficient (Wildman–Crippen LogP) is 5.12. The van der Waals surface area contributed by atoms with Gasteiger partial charge in [0, 0.05) is 11.1 Å². The maximum Gasteiger partial charge on any atom is 0.255 e. The minimum atomic E-state index is -3.60. The number of rotatable bonds is 7. The standard InChI is InChI=1S/C29H37N7O4S/c1-18-10-11-19(12-24(18)36-16-23(32-34-36)25-15-30-17-35(25)29(5,6)7)27(37)31-21-13-20(28(2,3)4)14-22(26(21)40-8)33-41(9,38)39/h10-17,33H,1-9H3,(H,31,37). The van der Waals surface area contributed by atoms with E-state index >= 15 is 0 Å². The van der Waals surface area contributed by atoms with Crippen LogP contribution in [0.2, 0.25) is 0 Å². The highest BCUT2D eigenvalue weighted by Gasteiger charge is 2.23. The van der Waals surface area contributed by atoms with Gasteiger partial charge < -0.3 is 14.6 Å². The quantitative estimate of drug-likeness (QED) is 0.310. The largest absolute Gasteiger partial charge is 0.492 e. The number of nitrogens with zero attached hydrogens (tertiary/aromatic N) is 5. The van der Waals surface area contributed by atoms with Gasteiger partial charge in [0.25, 0.3) is 5.91 Å². The van der Waals surface area contributed by atoms with Crippen LogP contribution in [0.3, 0.4) is 0 Å². The number of aryl methyl sites for hydroxylation is 1. The second kappa shape index (κ2) is 10.7. The van der Waals surface area contributed by atoms with Crippen LogP contribution in [0.5, 0.6) is 5.75 Å². The van der Waals surface area contributed by atoms with Crippen molar-refractivity contribution < 1.29 is 17.9 Å². The number of aromatic nitrogens is 5. The lowest BCUT2D eigenvalue weighted by Gasteiger charge is -2.24. The zero-order chi connectivity index (χ0) is 30.3. The minimum absolute atomic E-state index is 0.189. The van der Waals surface area contributed by atoms with Gasteiger partial charge in [-0.1, -0.05) is 32.1 Å². The Hall–Kier alpha value is -4.19. The molecule has 4 rings (SSSR count). The van der Waals surface area contributed by atoms with Gasteiger partial charge in [0.15, 0.2) is 5.75 Å². The average molecular weight is 580 g/mol. The van der Waals surface area contributed by atoms with Gasteiger partial charge >= 0.3 is 0 Å². The molecule has 11 nitrogen and oxygen atoms in total. The van der Waals surface area contributed by atoms with Crippen molar-refractivity contribution in [2.45, 2.75) is 59.4 Å². The Balaban J connectivity index is 1.71. The van der Waals surface area contributed by atoms with Crippen LogP contribution in [0.15, 0.2) is 49.1 Å². The molecule has 2 heterocycles. The summed E-state index contributed by atoms with van der Waals surface area (Å²) in [5, 5.41) is 11.6. The number of carbonyl (C=O) groups excluding carboxylic acids is 1. The van der Waals surface area contributed by atoms with Crippen LogP contribution in [0.1, 0.15) is 63.0 Å². The Bertz CT molecular complexity index is 1710. The van der Waals surface area contributed by atoms with Crippen molar-refractivity contribution >= 4 is 27.3 Å². The molecule has 0 saturated carbocycles. The van der Waals surface area contributed by atoms with Crippen LogP contribution in [0, 0.1) is 6.92 Å². The summed E-state index contributed by atoms with van der Waals surface area (Å²) >= 11 is 0. The number of nitrogens with one attached hydrogen (secondary N) is 2. The molecule has 0 bridgehead atoms. The first-order chi connectivity index (χ1) is 19.0. The molecule has 218 valence electrons. The number of anilines is 2. The van der Waals surface area contributed by atoms with Crippen LogP contribution in [0.4, 0.5) is 11.4 Å². The molecule has 0 atom stereocenters. The molecule has 12 heteroatoms. The Labute approximate surface area is 241 Å². The van der Waals surface area contributed by atoms with Crippen molar-refractivity contribution in [3.63, 3.8) is 0 Å². The van der Waals surface area contributed by atoms with Crippen LogP contribution >= 0.6 is 0 Å². The van der Waals surface area contributed by atoms with Crippen molar-refractivity contribution in [3.05, 3.63) is 65.7 Å². The number of amides is 1. The van der Waals surface area contributed by atoms with Gasteiger partial charge in [-0.2, -0.15) is 0 Å². The van der Waals surface area contributed by atoms with Crippen LogP contribution in [0.25, 0.3) is 17.1 Å². The van der Waals surface area contributed by atoms with Crippen molar-refractivity contribution in [3.8, 4) is 22.8 Å². The maximum atomic E-state index is 13.5. The summed E-state index contributed by atoms with van der Waals surface area (Å²) in [6, 6.07) is 8.80. The van der Waals surface area contributed by atoms with Crippen LogP contribution in [-0.4, -0.2) is 52.2 Å². The van der Waals surface area contributed by atoms with E-state index in [1.807, 2.05) is 44.5 Å². The fourth-order valence-electron chi connectivity index (χ4n) is 4.36. The second-order valence-electron chi connectivity index (χ2n) is 12.1. The van der Waals surface area contributed by atoms with Gasteiger partial charge in [-0.3, -0.25) is 9.52 Å². The highest BCUT2D eigenvalue weighted by Crippen LogP contribution is 2.39. The Kier molecular flexibility index (Phi) is 7.74. The molecule has 0 fully saturated rings. The van der Waals surface area contributed by atoms with Crippen molar-refractivity contribution in [1.29, 1.82) is 0 Å². The zero-order valence-corrected chi connectivity index (χ0v) is 25.7. The van der Waals surface area contributed by atoms with E-state index < -0.39 is 15.9 Å². The molecule has 0 spiro atoms. The number of benzene rings is 2. The number of carbonyl (C=O) groups is 1. The van der Waals surface area contributed by atoms with Gasteiger partial charge in [-0.15, -0.1) is 5.10 Å². The Morgan fingerprint density at radius 2 is 1.71 bits per heavy atom. The monoisotopic (exact) mass is 579 g/mol. The molecule has 1 amide bonds.